The molecule has 0 spiro atoms. The quantitative estimate of drug-likeness (QED) is 0.723. The fraction of sp³-hybridized carbons (Fsp3) is 0.417. The molecule has 0 aliphatic rings. The van der Waals surface area contributed by atoms with Crippen LogP contribution in [0.4, 0.5) is 13.2 Å². The van der Waals surface area contributed by atoms with Crippen LogP contribution in [0.15, 0.2) is 23.8 Å². The van der Waals surface area contributed by atoms with E-state index in [4.69, 9.17) is 0 Å². The number of aromatic nitrogens is 2. The number of halogens is 3. The SMILES string of the molecule is CC(C)=C/C=C(\C)c1cc(C(F)(F)F)n(C)n1. The summed E-state index contributed by atoms with van der Waals surface area (Å²) in [5.41, 5.74) is 1.39. The van der Waals surface area contributed by atoms with Gasteiger partial charge in [-0.2, -0.15) is 18.3 Å². The minimum absolute atomic E-state index is 0.345. The zero-order chi connectivity index (χ0) is 13.2. The number of rotatable bonds is 2. The molecule has 1 aromatic rings. The van der Waals surface area contributed by atoms with Gasteiger partial charge in [-0.15, -0.1) is 0 Å². The largest absolute Gasteiger partial charge is 0.433 e. The lowest BCUT2D eigenvalue weighted by molar-refractivity contribution is -0.143. The predicted octanol–water partition coefficient (Wildman–Crippen LogP) is 3.81. The second kappa shape index (κ2) is 4.77. The van der Waals surface area contributed by atoms with Crippen molar-refractivity contribution in [2.24, 2.45) is 7.05 Å². The molecule has 0 amide bonds. The molecule has 0 atom stereocenters. The van der Waals surface area contributed by atoms with Crippen LogP contribution in [-0.4, -0.2) is 9.78 Å². The van der Waals surface area contributed by atoms with Crippen LogP contribution in [0.25, 0.3) is 5.57 Å². The summed E-state index contributed by atoms with van der Waals surface area (Å²) in [6.07, 6.45) is -0.758. The van der Waals surface area contributed by atoms with Crippen molar-refractivity contribution in [1.82, 2.24) is 9.78 Å². The van der Waals surface area contributed by atoms with Crippen LogP contribution in [0.2, 0.25) is 0 Å². The molecule has 0 radical (unpaired) electrons. The standard InChI is InChI=1S/C12H15F3N2/c1-8(2)5-6-9(3)10-7-11(12(13,14)15)17(4)16-10/h5-7H,1-4H3/b9-6+. The van der Waals surface area contributed by atoms with E-state index in [1.165, 1.54) is 7.05 Å². The van der Waals surface area contributed by atoms with Crippen molar-refractivity contribution in [1.29, 1.82) is 0 Å². The highest BCUT2D eigenvalue weighted by Gasteiger charge is 2.34. The molecule has 0 aliphatic carbocycles. The van der Waals surface area contributed by atoms with Crippen molar-refractivity contribution in [3.8, 4) is 0 Å². The first-order valence-corrected chi connectivity index (χ1v) is 5.15. The summed E-state index contributed by atoms with van der Waals surface area (Å²) in [6, 6.07) is 1.06. The summed E-state index contributed by atoms with van der Waals surface area (Å²) < 4.78 is 38.5. The van der Waals surface area contributed by atoms with Crippen LogP contribution in [0.1, 0.15) is 32.2 Å². The highest BCUT2D eigenvalue weighted by molar-refractivity contribution is 5.62. The fourth-order valence-corrected chi connectivity index (χ4v) is 1.30. The highest BCUT2D eigenvalue weighted by Crippen LogP contribution is 2.30. The lowest BCUT2D eigenvalue weighted by Crippen LogP contribution is -2.11. The minimum Gasteiger partial charge on any atom is -0.263 e. The number of aryl methyl sites for hydroxylation is 1. The average molecular weight is 244 g/mol. The third-order valence-electron chi connectivity index (χ3n) is 2.24. The molecule has 0 aromatic carbocycles. The molecule has 0 bridgehead atoms. The van der Waals surface area contributed by atoms with Crippen molar-refractivity contribution in [2.45, 2.75) is 26.9 Å². The molecule has 17 heavy (non-hydrogen) atoms. The van der Waals surface area contributed by atoms with Crippen molar-refractivity contribution in [3.05, 3.63) is 35.2 Å². The first-order valence-electron chi connectivity index (χ1n) is 5.15. The fourth-order valence-electron chi connectivity index (χ4n) is 1.30. The molecule has 1 heterocycles. The Morgan fingerprint density at radius 1 is 1.24 bits per heavy atom. The third-order valence-corrected chi connectivity index (χ3v) is 2.24. The average Bonchev–Trinajstić information content (AvgIpc) is 2.56. The summed E-state index contributed by atoms with van der Waals surface area (Å²) in [4.78, 5) is 0. The number of nitrogens with zero attached hydrogens (tertiary/aromatic N) is 2. The van der Waals surface area contributed by atoms with Gasteiger partial charge < -0.3 is 0 Å². The number of alkyl halides is 3. The van der Waals surface area contributed by atoms with E-state index in [0.29, 0.717) is 11.3 Å². The first-order chi connectivity index (χ1) is 7.71. The maximum absolute atomic E-state index is 12.5. The molecule has 0 aliphatic heterocycles. The molecule has 0 saturated heterocycles. The third kappa shape index (κ3) is 3.47. The van der Waals surface area contributed by atoms with Crippen LogP contribution in [0.5, 0.6) is 0 Å². The normalized spacial score (nSPS) is 12.8. The summed E-state index contributed by atoms with van der Waals surface area (Å²) >= 11 is 0. The molecule has 2 nitrogen and oxygen atoms in total. The summed E-state index contributed by atoms with van der Waals surface area (Å²) in [6.45, 7) is 5.58. The van der Waals surface area contributed by atoms with Gasteiger partial charge in [0, 0.05) is 7.05 Å². The molecule has 0 fully saturated rings. The molecule has 1 aromatic heterocycles. The van der Waals surface area contributed by atoms with E-state index in [1.807, 2.05) is 19.9 Å². The van der Waals surface area contributed by atoms with E-state index in [2.05, 4.69) is 5.10 Å². The van der Waals surface area contributed by atoms with Crippen LogP contribution in [0.3, 0.4) is 0 Å². The van der Waals surface area contributed by atoms with E-state index in [9.17, 15) is 13.2 Å². The van der Waals surface area contributed by atoms with E-state index >= 15 is 0 Å². The van der Waals surface area contributed by atoms with Crippen LogP contribution in [-0.2, 0) is 13.2 Å². The monoisotopic (exact) mass is 244 g/mol. The van der Waals surface area contributed by atoms with Gasteiger partial charge in [0.25, 0.3) is 0 Å². The zero-order valence-corrected chi connectivity index (χ0v) is 10.3. The van der Waals surface area contributed by atoms with Gasteiger partial charge in [0.05, 0.1) is 5.69 Å². The van der Waals surface area contributed by atoms with Crippen LogP contribution >= 0.6 is 0 Å². The lowest BCUT2D eigenvalue weighted by Gasteiger charge is -2.04. The Morgan fingerprint density at radius 2 is 1.82 bits per heavy atom. The van der Waals surface area contributed by atoms with Gasteiger partial charge in [0.2, 0.25) is 0 Å². The first kappa shape index (κ1) is 13.5. The van der Waals surface area contributed by atoms with Gasteiger partial charge in [-0.05, 0) is 32.4 Å². The summed E-state index contributed by atoms with van der Waals surface area (Å²) in [7, 11) is 1.29. The number of hydrogen-bond donors (Lipinski definition) is 0. The van der Waals surface area contributed by atoms with Gasteiger partial charge in [-0.25, -0.2) is 0 Å². The van der Waals surface area contributed by atoms with E-state index < -0.39 is 11.9 Å². The maximum atomic E-state index is 12.5. The second-order valence-electron chi connectivity index (χ2n) is 4.13. The molecular formula is C12H15F3N2. The molecular weight excluding hydrogens is 229 g/mol. The second-order valence-corrected chi connectivity index (χ2v) is 4.13. The predicted molar refractivity (Wildman–Crippen MR) is 61.3 cm³/mol. The van der Waals surface area contributed by atoms with E-state index in [1.54, 1.807) is 13.0 Å². The Hall–Kier alpha value is -1.52. The zero-order valence-electron chi connectivity index (χ0n) is 10.3. The van der Waals surface area contributed by atoms with Gasteiger partial charge in [0.15, 0.2) is 0 Å². The van der Waals surface area contributed by atoms with Gasteiger partial charge in [0.1, 0.15) is 5.69 Å². The van der Waals surface area contributed by atoms with Crippen molar-refractivity contribution in [2.75, 3.05) is 0 Å². The van der Waals surface area contributed by atoms with Gasteiger partial charge in [-0.3, -0.25) is 4.68 Å². The molecule has 94 valence electrons. The van der Waals surface area contributed by atoms with E-state index in [0.717, 1.165) is 16.3 Å². The van der Waals surface area contributed by atoms with E-state index in [-0.39, 0.29) is 0 Å². The van der Waals surface area contributed by atoms with Crippen molar-refractivity contribution >= 4 is 5.57 Å². The van der Waals surface area contributed by atoms with Gasteiger partial charge in [-0.1, -0.05) is 17.7 Å². The number of hydrogen-bond acceptors (Lipinski definition) is 1. The molecule has 0 unspecified atom stereocenters. The Bertz CT molecular complexity index is 461. The summed E-state index contributed by atoms with van der Waals surface area (Å²) in [5.74, 6) is 0. The number of allylic oxidation sites excluding steroid dienone is 4. The Morgan fingerprint density at radius 3 is 2.24 bits per heavy atom. The lowest BCUT2D eigenvalue weighted by atomic mass is 10.1. The van der Waals surface area contributed by atoms with Crippen molar-refractivity contribution in [3.63, 3.8) is 0 Å². The Labute approximate surface area is 98.4 Å². The molecule has 5 heteroatoms. The maximum Gasteiger partial charge on any atom is 0.433 e. The Balaban J connectivity index is 3.10. The van der Waals surface area contributed by atoms with Gasteiger partial charge >= 0.3 is 6.18 Å². The minimum atomic E-state index is -4.36. The van der Waals surface area contributed by atoms with Crippen LogP contribution < -0.4 is 0 Å². The topological polar surface area (TPSA) is 17.8 Å². The van der Waals surface area contributed by atoms with Crippen molar-refractivity contribution < 1.29 is 13.2 Å². The highest BCUT2D eigenvalue weighted by atomic mass is 19.4. The molecule has 0 saturated carbocycles. The Kier molecular flexibility index (Phi) is 3.80. The molecule has 0 N–H and O–H groups in total. The smallest absolute Gasteiger partial charge is 0.263 e. The molecule has 1 rings (SSSR count). The van der Waals surface area contributed by atoms with Crippen LogP contribution in [0, 0.1) is 0 Å². The summed E-state index contributed by atoms with van der Waals surface area (Å²) in [5, 5.41) is 3.85.